The molecule has 138 valence electrons. The number of hydrogen-bond acceptors (Lipinski definition) is 4. The molecular weight excluding hydrogens is 394 g/mol. The number of carbonyl (C=O) groups is 1. The lowest BCUT2D eigenvalue weighted by atomic mass is 9.94. The van der Waals surface area contributed by atoms with Crippen LogP contribution in [0.3, 0.4) is 0 Å². The number of aromatic nitrogens is 1. The third-order valence-electron chi connectivity index (χ3n) is 5.48. The number of fused-ring (bicyclic) bond motifs is 1. The average molecular weight is 418 g/mol. The molecule has 0 atom stereocenters. The van der Waals surface area contributed by atoms with Crippen LogP contribution in [0.4, 0.5) is 5.69 Å². The van der Waals surface area contributed by atoms with Gasteiger partial charge in [-0.05, 0) is 69.5 Å². The molecule has 0 spiro atoms. The van der Waals surface area contributed by atoms with E-state index in [9.17, 15) is 4.79 Å². The van der Waals surface area contributed by atoms with Crippen LogP contribution < -0.4 is 5.32 Å². The number of aryl methyl sites for hydroxylation is 1. The van der Waals surface area contributed by atoms with Gasteiger partial charge in [-0.15, -0.1) is 0 Å². The zero-order valence-corrected chi connectivity index (χ0v) is 16.4. The van der Waals surface area contributed by atoms with Crippen molar-refractivity contribution in [3.63, 3.8) is 0 Å². The van der Waals surface area contributed by atoms with Crippen LogP contribution in [-0.4, -0.2) is 29.1 Å². The molecule has 26 heavy (non-hydrogen) atoms. The molecule has 6 heteroatoms. The molecule has 1 amide bonds. The van der Waals surface area contributed by atoms with Crippen LogP contribution in [0.25, 0.3) is 0 Å². The van der Waals surface area contributed by atoms with Crippen molar-refractivity contribution in [2.45, 2.75) is 45.1 Å². The molecule has 1 aromatic heterocycles. The summed E-state index contributed by atoms with van der Waals surface area (Å²) in [6, 6.07) is 7.73. The zero-order valence-electron chi connectivity index (χ0n) is 14.8. The summed E-state index contributed by atoms with van der Waals surface area (Å²) in [6.45, 7) is 2.71. The fourth-order valence-corrected chi connectivity index (χ4v) is 4.18. The van der Waals surface area contributed by atoms with Crippen molar-refractivity contribution in [2.75, 3.05) is 18.4 Å². The number of carbonyl (C=O) groups excluding carboxylic acids is 1. The first-order valence-electron chi connectivity index (χ1n) is 9.44. The van der Waals surface area contributed by atoms with Crippen LogP contribution in [0.15, 0.2) is 33.3 Å². The number of likely N-dealkylation sites (tertiary alicyclic amines) is 1. The highest BCUT2D eigenvalue weighted by Crippen LogP contribution is 2.27. The second-order valence-electron chi connectivity index (χ2n) is 7.28. The van der Waals surface area contributed by atoms with Gasteiger partial charge in [0.25, 0.3) is 0 Å². The van der Waals surface area contributed by atoms with Crippen molar-refractivity contribution in [3.05, 3.63) is 45.8 Å². The van der Waals surface area contributed by atoms with Crippen LogP contribution in [-0.2, 0) is 24.2 Å². The largest absolute Gasteiger partial charge is 0.361 e. The Morgan fingerprint density at radius 2 is 1.92 bits per heavy atom. The topological polar surface area (TPSA) is 58.4 Å². The predicted molar refractivity (Wildman–Crippen MR) is 104 cm³/mol. The summed E-state index contributed by atoms with van der Waals surface area (Å²) in [5.41, 5.74) is 3.30. The van der Waals surface area contributed by atoms with E-state index in [2.05, 4.69) is 31.3 Å². The van der Waals surface area contributed by atoms with E-state index in [4.69, 9.17) is 4.52 Å². The van der Waals surface area contributed by atoms with Gasteiger partial charge in [-0.25, -0.2) is 0 Å². The molecule has 4 rings (SSSR count). The smallest absolute Gasteiger partial charge is 0.227 e. The maximum Gasteiger partial charge on any atom is 0.227 e. The van der Waals surface area contributed by atoms with Gasteiger partial charge in [0, 0.05) is 34.6 Å². The van der Waals surface area contributed by atoms with Gasteiger partial charge in [0.2, 0.25) is 5.91 Å². The SMILES string of the molecule is O=C(Nc1ccc(Br)cc1)C1CCN(Cc2noc3c2CCCC3)CC1. The summed E-state index contributed by atoms with van der Waals surface area (Å²) < 4.78 is 6.53. The molecule has 1 saturated heterocycles. The van der Waals surface area contributed by atoms with E-state index >= 15 is 0 Å². The minimum atomic E-state index is 0.0844. The summed E-state index contributed by atoms with van der Waals surface area (Å²) in [5.74, 6) is 1.31. The molecule has 1 aromatic carbocycles. The Kier molecular flexibility index (Phi) is 5.41. The third kappa shape index (κ3) is 4.01. The fourth-order valence-electron chi connectivity index (χ4n) is 3.92. The third-order valence-corrected chi connectivity index (χ3v) is 6.00. The second-order valence-corrected chi connectivity index (χ2v) is 8.20. The Labute approximate surface area is 162 Å². The van der Waals surface area contributed by atoms with E-state index < -0.39 is 0 Å². The number of nitrogens with zero attached hydrogens (tertiary/aromatic N) is 2. The minimum Gasteiger partial charge on any atom is -0.361 e. The zero-order chi connectivity index (χ0) is 17.9. The normalized spacial score (nSPS) is 18.5. The Hall–Kier alpha value is -1.66. The van der Waals surface area contributed by atoms with E-state index in [0.29, 0.717) is 0 Å². The van der Waals surface area contributed by atoms with E-state index in [1.165, 1.54) is 18.4 Å². The maximum atomic E-state index is 12.5. The highest BCUT2D eigenvalue weighted by atomic mass is 79.9. The van der Waals surface area contributed by atoms with Gasteiger partial charge >= 0.3 is 0 Å². The van der Waals surface area contributed by atoms with Crippen molar-refractivity contribution in [2.24, 2.45) is 5.92 Å². The fraction of sp³-hybridized carbons (Fsp3) is 0.500. The predicted octanol–water partition coefficient (Wildman–Crippen LogP) is 4.17. The van der Waals surface area contributed by atoms with Crippen molar-refractivity contribution in [1.29, 1.82) is 0 Å². The van der Waals surface area contributed by atoms with Gasteiger partial charge in [0.1, 0.15) is 11.5 Å². The number of anilines is 1. The molecule has 5 nitrogen and oxygen atoms in total. The first-order chi connectivity index (χ1) is 12.7. The lowest BCUT2D eigenvalue weighted by Crippen LogP contribution is -2.38. The Morgan fingerprint density at radius 1 is 1.19 bits per heavy atom. The van der Waals surface area contributed by atoms with Crippen LogP contribution >= 0.6 is 15.9 Å². The van der Waals surface area contributed by atoms with Crippen molar-refractivity contribution >= 4 is 27.5 Å². The van der Waals surface area contributed by atoms with Crippen molar-refractivity contribution in [1.82, 2.24) is 10.1 Å². The quantitative estimate of drug-likeness (QED) is 0.810. The van der Waals surface area contributed by atoms with Gasteiger partial charge < -0.3 is 9.84 Å². The summed E-state index contributed by atoms with van der Waals surface area (Å²) >= 11 is 3.41. The molecule has 2 aliphatic rings. The van der Waals surface area contributed by atoms with Gasteiger partial charge in [-0.3, -0.25) is 9.69 Å². The summed E-state index contributed by atoms with van der Waals surface area (Å²) in [4.78, 5) is 14.9. The molecule has 0 radical (unpaired) electrons. The molecule has 1 N–H and O–H groups in total. The molecule has 0 unspecified atom stereocenters. The molecule has 2 aromatic rings. The number of nitrogens with one attached hydrogen (secondary N) is 1. The van der Waals surface area contributed by atoms with Gasteiger partial charge in [0.05, 0.1) is 0 Å². The number of hydrogen-bond donors (Lipinski definition) is 1. The standard InChI is InChI=1S/C20H24BrN3O2/c21-15-5-7-16(8-6-15)22-20(25)14-9-11-24(12-10-14)13-18-17-3-1-2-4-19(17)26-23-18/h5-8,14H,1-4,9-13H2,(H,22,25). The average Bonchev–Trinajstić information content (AvgIpc) is 3.07. The first-order valence-corrected chi connectivity index (χ1v) is 10.2. The number of rotatable bonds is 4. The lowest BCUT2D eigenvalue weighted by Gasteiger charge is -2.31. The Morgan fingerprint density at radius 3 is 2.69 bits per heavy atom. The summed E-state index contributed by atoms with van der Waals surface area (Å²) in [5, 5.41) is 7.34. The highest BCUT2D eigenvalue weighted by molar-refractivity contribution is 9.10. The number of halogens is 1. The molecule has 0 bridgehead atoms. The first kappa shape index (κ1) is 17.7. The Balaban J connectivity index is 1.29. The van der Waals surface area contributed by atoms with Crippen LogP contribution in [0.1, 0.15) is 42.7 Å². The van der Waals surface area contributed by atoms with Gasteiger partial charge in [-0.1, -0.05) is 21.1 Å². The number of amides is 1. The van der Waals surface area contributed by atoms with E-state index in [1.54, 1.807) is 0 Å². The van der Waals surface area contributed by atoms with Crippen LogP contribution in [0.5, 0.6) is 0 Å². The monoisotopic (exact) mass is 417 g/mol. The molecular formula is C20H24BrN3O2. The van der Waals surface area contributed by atoms with E-state index in [0.717, 1.165) is 66.9 Å². The van der Waals surface area contributed by atoms with Crippen molar-refractivity contribution in [3.8, 4) is 0 Å². The Bertz CT molecular complexity index is 764. The number of benzene rings is 1. The molecule has 1 fully saturated rings. The van der Waals surface area contributed by atoms with Gasteiger partial charge in [-0.2, -0.15) is 0 Å². The maximum absolute atomic E-state index is 12.5. The van der Waals surface area contributed by atoms with Crippen molar-refractivity contribution < 1.29 is 9.32 Å². The summed E-state index contributed by atoms with van der Waals surface area (Å²) in [6.07, 6.45) is 6.35. The van der Waals surface area contributed by atoms with E-state index in [-0.39, 0.29) is 11.8 Å². The molecule has 1 aliphatic heterocycles. The molecule has 0 saturated carbocycles. The van der Waals surface area contributed by atoms with Crippen LogP contribution in [0, 0.1) is 5.92 Å². The minimum absolute atomic E-state index is 0.0844. The van der Waals surface area contributed by atoms with E-state index in [1.807, 2.05) is 24.3 Å². The highest BCUT2D eigenvalue weighted by Gasteiger charge is 2.27. The lowest BCUT2D eigenvalue weighted by molar-refractivity contribution is -0.121. The summed E-state index contributed by atoms with van der Waals surface area (Å²) in [7, 11) is 0. The molecule has 1 aliphatic carbocycles. The van der Waals surface area contributed by atoms with Gasteiger partial charge in [0.15, 0.2) is 0 Å². The molecule has 2 heterocycles. The second kappa shape index (κ2) is 7.92. The van der Waals surface area contributed by atoms with Crippen LogP contribution in [0.2, 0.25) is 0 Å². The number of piperidine rings is 1.